The van der Waals surface area contributed by atoms with Gasteiger partial charge >= 0.3 is 0 Å². The van der Waals surface area contributed by atoms with E-state index in [1.165, 1.54) is 25.7 Å². The van der Waals surface area contributed by atoms with Crippen LogP contribution in [0.3, 0.4) is 0 Å². The minimum Gasteiger partial charge on any atom is -0.356 e. The third-order valence-electron chi connectivity index (χ3n) is 3.64. The lowest BCUT2D eigenvalue weighted by molar-refractivity contribution is -0.125. The topological polar surface area (TPSA) is 29.1 Å². The molecule has 0 aromatic heterocycles. The Balaban J connectivity index is 2.25. The summed E-state index contributed by atoms with van der Waals surface area (Å²) in [6.07, 6.45) is 6.97. The summed E-state index contributed by atoms with van der Waals surface area (Å²) in [6.45, 7) is 5.04. The van der Waals surface area contributed by atoms with Gasteiger partial charge < -0.3 is 5.32 Å². The van der Waals surface area contributed by atoms with Gasteiger partial charge in [0.25, 0.3) is 0 Å². The van der Waals surface area contributed by atoms with Crippen LogP contribution < -0.4 is 5.32 Å². The molecule has 3 heteroatoms. The SMILES string of the molecule is CCC(CC)C(=O)NCC1CCCC(Br)C1. The number of carbonyl (C=O) groups excluding carboxylic acids is 1. The summed E-state index contributed by atoms with van der Waals surface area (Å²) in [4.78, 5) is 12.5. The molecule has 1 N–H and O–H groups in total. The molecule has 2 nitrogen and oxygen atoms in total. The lowest BCUT2D eigenvalue weighted by Gasteiger charge is -2.26. The first-order valence-corrected chi connectivity index (χ1v) is 7.50. The molecule has 1 saturated carbocycles. The number of amides is 1. The van der Waals surface area contributed by atoms with E-state index in [0.29, 0.717) is 10.7 Å². The van der Waals surface area contributed by atoms with Crippen molar-refractivity contribution in [2.24, 2.45) is 11.8 Å². The fourth-order valence-corrected chi connectivity index (χ4v) is 3.31. The summed E-state index contributed by atoms with van der Waals surface area (Å²) in [6, 6.07) is 0. The maximum Gasteiger partial charge on any atom is 0.223 e. The number of rotatable bonds is 5. The standard InChI is InChI=1S/C13H24BrNO/c1-3-11(4-2)13(16)15-9-10-6-5-7-12(14)8-10/h10-12H,3-9H2,1-2H3,(H,15,16). The van der Waals surface area contributed by atoms with Crippen LogP contribution in [0.15, 0.2) is 0 Å². The molecule has 1 aliphatic carbocycles. The molecule has 1 aliphatic rings. The molecule has 0 aliphatic heterocycles. The fourth-order valence-electron chi connectivity index (χ4n) is 2.46. The van der Waals surface area contributed by atoms with E-state index >= 15 is 0 Å². The van der Waals surface area contributed by atoms with Crippen molar-refractivity contribution < 1.29 is 4.79 Å². The molecule has 0 spiro atoms. The van der Waals surface area contributed by atoms with Gasteiger partial charge in [-0.3, -0.25) is 4.79 Å². The molecule has 16 heavy (non-hydrogen) atoms. The van der Waals surface area contributed by atoms with Crippen LogP contribution in [0.2, 0.25) is 0 Å². The van der Waals surface area contributed by atoms with Crippen molar-refractivity contribution in [2.45, 2.75) is 57.2 Å². The van der Waals surface area contributed by atoms with Crippen LogP contribution >= 0.6 is 15.9 Å². The van der Waals surface area contributed by atoms with E-state index in [1.54, 1.807) is 0 Å². The van der Waals surface area contributed by atoms with E-state index in [2.05, 4.69) is 35.1 Å². The molecule has 2 atom stereocenters. The minimum atomic E-state index is 0.211. The monoisotopic (exact) mass is 289 g/mol. The molecule has 0 bridgehead atoms. The molecule has 94 valence electrons. The Kier molecular flexibility index (Phi) is 6.40. The molecule has 0 aromatic rings. The van der Waals surface area contributed by atoms with Crippen molar-refractivity contribution >= 4 is 21.8 Å². The second kappa shape index (κ2) is 7.31. The lowest BCUT2D eigenvalue weighted by Crippen LogP contribution is -2.35. The van der Waals surface area contributed by atoms with Crippen LogP contribution in [0.4, 0.5) is 0 Å². The Morgan fingerprint density at radius 1 is 1.38 bits per heavy atom. The quantitative estimate of drug-likeness (QED) is 0.772. The number of alkyl halides is 1. The minimum absolute atomic E-state index is 0.211. The maximum atomic E-state index is 11.8. The van der Waals surface area contributed by atoms with Gasteiger partial charge in [-0.05, 0) is 38.0 Å². The largest absolute Gasteiger partial charge is 0.356 e. The van der Waals surface area contributed by atoms with E-state index in [0.717, 1.165) is 19.4 Å². The molecular formula is C13H24BrNO. The second-order valence-corrected chi connectivity index (χ2v) is 6.18. The molecule has 0 saturated heterocycles. The molecule has 0 radical (unpaired) electrons. The highest BCUT2D eigenvalue weighted by atomic mass is 79.9. The first-order valence-electron chi connectivity index (χ1n) is 6.59. The predicted molar refractivity (Wildman–Crippen MR) is 71.8 cm³/mol. The predicted octanol–water partition coefficient (Wildman–Crippen LogP) is 3.49. The molecular weight excluding hydrogens is 266 g/mol. The molecule has 2 unspecified atom stereocenters. The van der Waals surface area contributed by atoms with Crippen molar-refractivity contribution in [1.82, 2.24) is 5.32 Å². The van der Waals surface area contributed by atoms with Crippen LogP contribution in [0, 0.1) is 11.8 Å². The van der Waals surface area contributed by atoms with Crippen molar-refractivity contribution in [1.29, 1.82) is 0 Å². The van der Waals surface area contributed by atoms with Gasteiger partial charge in [0.1, 0.15) is 0 Å². The van der Waals surface area contributed by atoms with Crippen LogP contribution in [0.1, 0.15) is 52.4 Å². The Morgan fingerprint density at radius 3 is 2.62 bits per heavy atom. The second-order valence-electron chi connectivity index (χ2n) is 4.89. The van der Waals surface area contributed by atoms with Gasteiger partial charge in [0.15, 0.2) is 0 Å². The van der Waals surface area contributed by atoms with Crippen LogP contribution in [0.5, 0.6) is 0 Å². The van der Waals surface area contributed by atoms with Gasteiger partial charge in [-0.25, -0.2) is 0 Å². The van der Waals surface area contributed by atoms with Gasteiger partial charge in [-0.15, -0.1) is 0 Å². The summed E-state index contributed by atoms with van der Waals surface area (Å²) < 4.78 is 0. The summed E-state index contributed by atoms with van der Waals surface area (Å²) in [5, 5.41) is 3.12. The highest BCUT2D eigenvalue weighted by Gasteiger charge is 2.21. The Bertz CT molecular complexity index is 216. The number of hydrogen-bond acceptors (Lipinski definition) is 1. The average molecular weight is 290 g/mol. The first kappa shape index (κ1) is 14.0. The smallest absolute Gasteiger partial charge is 0.223 e. The third-order valence-corrected chi connectivity index (χ3v) is 4.47. The van der Waals surface area contributed by atoms with Crippen LogP contribution in [-0.4, -0.2) is 17.3 Å². The van der Waals surface area contributed by atoms with E-state index in [-0.39, 0.29) is 11.8 Å². The van der Waals surface area contributed by atoms with Crippen molar-refractivity contribution in [3.8, 4) is 0 Å². The third kappa shape index (κ3) is 4.44. The summed E-state index contributed by atoms with van der Waals surface area (Å²) in [5.74, 6) is 1.14. The molecule has 0 aromatic carbocycles. The highest BCUT2D eigenvalue weighted by molar-refractivity contribution is 9.09. The molecule has 1 fully saturated rings. The highest BCUT2D eigenvalue weighted by Crippen LogP contribution is 2.28. The van der Waals surface area contributed by atoms with Crippen LogP contribution in [-0.2, 0) is 4.79 Å². The van der Waals surface area contributed by atoms with Crippen molar-refractivity contribution in [3.63, 3.8) is 0 Å². The van der Waals surface area contributed by atoms with Gasteiger partial charge in [0, 0.05) is 17.3 Å². The average Bonchev–Trinajstić information content (AvgIpc) is 2.28. The Morgan fingerprint density at radius 2 is 2.06 bits per heavy atom. The van der Waals surface area contributed by atoms with Crippen molar-refractivity contribution in [3.05, 3.63) is 0 Å². The Hall–Kier alpha value is -0.0500. The Labute approximate surface area is 108 Å². The number of hydrogen-bond donors (Lipinski definition) is 1. The maximum absolute atomic E-state index is 11.8. The zero-order chi connectivity index (χ0) is 12.0. The van der Waals surface area contributed by atoms with Crippen molar-refractivity contribution in [2.75, 3.05) is 6.54 Å². The van der Waals surface area contributed by atoms with E-state index in [1.807, 2.05) is 0 Å². The molecule has 0 heterocycles. The first-order chi connectivity index (χ1) is 7.67. The normalized spacial score (nSPS) is 25.8. The van der Waals surface area contributed by atoms with E-state index in [4.69, 9.17) is 0 Å². The zero-order valence-electron chi connectivity index (χ0n) is 10.5. The van der Waals surface area contributed by atoms with Gasteiger partial charge in [0.2, 0.25) is 5.91 Å². The number of halogens is 1. The summed E-state index contributed by atoms with van der Waals surface area (Å²) in [5.41, 5.74) is 0. The zero-order valence-corrected chi connectivity index (χ0v) is 12.1. The number of carbonyl (C=O) groups is 1. The van der Waals surface area contributed by atoms with Gasteiger partial charge in [-0.2, -0.15) is 0 Å². The van der Waals surface area contributed by atoms with E-state index < -0.39 is 0 Å². The number of nitrogens with one attached hydrogen (secondary N) is 1. The van der Waals surface area contributed by atoms with Gasteiger partial charge in [-0.1, -0.05) is 36.2 Å². The fraction of sp³-hybridized carbons (Fsp3) is 0.923. The molecule has 1 amide bonds. The van der Waals surface area contributed by atoms with Gasteiger partial charge in [0.05, 0.1) is 0 Å². The molecule has 1 rings (SSSR count). The van der Waals surface area contributed by atoms with E-state index in [9.17, 15) is 4.79 Å². The van der Waals surface area contributed by atoms with Crippen LogP contribution in [0.25, 0.3) is 0 Å². The lowest BCUT2D eigenvalue weighted by atomic mass is 9.89. The summed E-state index contributed by atoms with van der Waals surface area (Å²) >= 11 is 3.68. The summed E-state index contributed by atoms with van der Waals surface area (Å²) in [7, 11) is 0.